The van der Waals surface area contributed by atoms with Crippen LogP contribution in [0.2, 0.25) is 0 Å². The first-order chi connectivity index (χ1) is 12.7. The molecule has 0 aliphatic rings. The van der Waals surface area contributed by atoms with Crippen molar-refractivity contribution >= 4 is 50.2 Å². The molecule has 128 valence electrons. The Hall–Kier alpha value is -2.75. The van der Waals surface area contributed by atoms with Gasteiger partial charge in [0.1, 0.15) is 5.58 Å². The molecule has 0 bridgehead atoms. The van der Waals surface area contributed by atoms with E-state index in [9.17, 15) is 4.79 Å². The number of carbonyl (C=O) groups is 1. The molecule has 0 radical (unpaired) electrons. The minimum absolute atomic E-state index is 0.223. The van der Waals surface area contributed by atoms with Crippen LogP contribution in [0.1, 0.15) is 10.6 Å². The monoisotopic (exact) mass is 378 g/mol. The van der Waals surface area contributed by atoms with E-state index in [0.29, 0.717) is 16.9 Å². The standard InChI is InChI=1S/C20H14N2O2S2/c1-3-10-22-15-9-8-14(25-2)12-18(15)26-20(22)21-19(23)17-11-13-6-4-5-7-16(13)24-17/h1,4-9,11-12H,10H2,2H3. The van der Waals surface area contributed by atoms with Crippen molar-refractivity contribution in [2.24, 2.45) is 4.99 Å². The molecule has 0 unspecified atom stereocenters. The van der Waals surface area contributed by atoms with Crippen LogP contribution < -0.4 is 4.80 Å². The molecule has 0 N–H and O–H groups in total. The summed E-state index contributed by atoms with van der Waals surface area (Å²) in [6.07, 6.45) is 7.54. The van der Waals surface area contributed by atoms with Gasteiger partial charge in [0.05, 0.1) is 16.8 Å². The summed E-state index contributed by atoms with van der Waals surface area (Å²) in [5.74, 6) is 2.45. The largest absolute Gasteiger partial charge is 0.451 e. The summed E-state index contributed by atoms with van der Waals surface area (Å²) in [5.41, 5.74) is 1.64. The number of terminal acetylenes is 1. The Balaban J connectivity index is 1.84. The van der Waals surface area contributed by atoms with Gasteiger partial charge < -0.3 is 8.98 Å². The summed E-state index contributed by atoms with van der Waals surface area (Å²) in [6, 6.07) is 15.4. The molecular formula is C20H14N2O2S2. The third kappa shape index (κ3) is 2.96. The van der Waals surface area contributed by atoms with Gasteiger partial charge in [0.15, 0.2) is 10.6 Å². The van der Waals surface area contributed by atoms with Crippen molar-refractivity contribution in [2.45, 2.75) is 11.4 Å². The lowest BCUT2D eigenvalue weighted by Gasteiger charge is -2.00. The number of thioether (sulfide) groups is 1. The molecule has 0 aliphatic heterocycles. The van der Waals surface area contributed by atoms with Crippen LogP contribution in [0, 0.1) is 12.3 Å². The highest BCUT2D eigenvalue weighted by Gasteiger charge is 2.13. The van der Waals surface area contributed by atoms with Crippen molar-refractivity contribution in [1.29, 1.82) is 0 Å². The van der Waals surface area contributed by atoms with E-state index >= 15 is 0 Å². The molecule has 2 aromatic heterocycles. The molecule has 0 fully saturated rings. The number of fused-ring (bicyclic) bond motifs is 2. The molecule has 0 aliphatic carbocycles. The number of furan rings is 1. The summed E-state index contributed by atoms with van der Waals surface area (Å²) in [5, 5.41) is 0.878. The first-order valence-electron chi connectivity index (χ1n) is 7.88. The second-order valence-corrected chi connectivity index (χ2v) is 7.46. The Labute approximate surface area is 158 Å². The maximum Gasteiger partial charge on any atom is 0.315 e. The minimum atomic E-state index is -0.413. The molecule has 26 heavy (non-hydrogen) atoms. The van der Waals surface area contributed by atoms with Gasteiger partial charge >= 0.3 is 5.91 Å². The number of rotatable bonds is 3. The average Bonchev–Trinajstić information content (AvgIpc) is 3.23. The van der Waals surface area contributed by atoms with Crippen LogP contribution >= 0.6 is 23.1 Å². The van der Waals surface area contributed by atoms with Gasteiger partial charge in [-0.3, -0.25) is 4.79 Å². The number of thiazole rings is 1. The third-order valence-corrected chi connectivity index (χ3v) is 5.74. The lowest BCUT2D eigenvalue weighted by atomic mass is 10.2. The van der Waals surface area contributed by atoms with Gasteiger partial charge in [-0.25, -0.2) is 0 Å². The van der Waals surface area contributed by atoms with Gasteiger partial charge in [0.2, 0.25) is 0 Å². The Morgan fingerprint density at radius 1 is 1.31 bits per heavy atom. The van der Waals surface area contributed by atoms with E-state index in [1.165, 1.54) is 11.3 Å². The predicted octanol–water partition coefficient (Wildman–Crippen LogP) is 4.55. The van der Waals surface area contributed by atoms with E-state index in [4.69, 9.17) is 10.8 Å². The second kappa shape index (κ2) is 6.87. The molecule has 4 nitrogen and oxygen atoms in total. The van der Waals surface area contributed by atoms with E-state index in [-0.39, 0.29) is 5.76 Å². The van der Waals surface area contributed by atoms with Crippen LogP contribution in [-0.4, -0.2) is 16.7 Å². The maximum absolute atomic E-state index is 12.6. The van der Waals surface area contributed by atoms with Crippen molar-refractivity contribution in [3.8, 4) is 12.3 Å². The van der Waals surface area contributed by atoms with Crippen LogP contribution in [-0.2, 0) is 6.54 Å². The smallest absolute Gasteiger partial charge is 0.315 e. The molecule has 6 heteroatoms. The summed E-state index contributed by atoms with van der Waals surface area (Å²) in [4.78, 5) is 18.6. The van der Waals surface area contributed by atoms with Gasteiger partial charge in [-0.05, 0) is 36.6 Å². The number of amides is 1. The van der Waals surface area contributed by atoms with Crippen LogP contribution in [0.15, 0.2) is 62.8 Å². The summed E-state index contributed by atoms with van der Waals surface area (Å²) in [7, 11) is 0. The summed E-state index contributed by atoms with van der Waals surface area (Å²) >= 11 is 3.12. The van der Waals surface area contributed by atoms with Crippen molar-refractivity contribution in [3.63, 3.8) is 0 Å². The molecule has 2 heterocycles. The molecular weight excluding hydrogens is 364 g/mol. The van der Waals surface area contributed by atoms with Crippen molar-refractivity contribution < 1.29 is 9.21 Å². The Morgan fingerprint density at radius 2 is 2.15 bits per heavy atom. The Bertz CT molecular complexity index is 1210. The van der Waals surface area contributed by atoms with Gasteiger partial charge in [-0.15, -0.1) is 18.2 Å². The highest BCUT2D eigenvalue weighted by atomic mass is 32.2. The number of nitrogens with zero attached hydrogens (tertiary/aromatic N) is 2. The molecule has 0 atom stereocenters. The fraction of sp³-hybridized carbons (Fsp3) is 0.100. The zero-order chi connectivity index (χ0) is 18.1. The second-order valence-electron chi connectivity index (χ2n) is 5.57. The highest BCUT2D eigenvalue weighted by molar-refractivity contribution is 7.98. The molecule has 2 aromatic carbocycles. The first kappa shape index (κ1) is 16.7. The van der Waals surface area contributed by atoms with Crippen molar-refractivity contribution in [1.82, 2.24) is 4.57 Å². The highest BCUT2D eigenvalue weighted by Crippen LogP contribution is 2.24. The zero-order valence-corrected chi connectivity index (χ0v) is 15.6. The third-order valence-electron chi connectivity index (χ3n) is 3.97. The zero-order valence-electron chi connectivity index (χ0n) is 13.9. The van der Waals surface area contributed by atoms with E-state index in [0.717, 1.165) is 20.5 Å². The van der Waals surface area contributed by atoms with E-state index < -0.39 is 5.91 Å². The predicted molar refractivity (Wildman–Crippen MR) is 107 cm³/mol. The van der Waals surface area contributed by atoms with Crippen LogP contribution in [0.3, 0.4) is 0 Å². The molecule has 4 rings (SSSR count). The normalized spacial score (nSPS) is 11.9. The van der Waals surface area contributed by atoms with Gasteiger partial charge in [-0.1, -0.05) is 35.5 Å². The minimum Gasteiger partial charge on any atom is -0.451 e. The van der Waals surface area contributed by atoms with E-state index in [1.54, 1.807) is 17.8 Å². The number of hydrogen-bond donors (Lipinski definition) is 0. The maximum atomic E-state index is 12.6. The number of benzene rings is 2. The van der Waals surface area contributed by atoms with Crippen LogP contribution in [0.25, 0.3) is 21.2 Å². The first-order valence-corrected chi connectivity index (χ1v) is 9.92. The summed E-state index contributed by atoms with van der Waals surface area (Å²) < 4.78 is 8.55. The van der Waals surface area contributed by atoms with Gasteiger partial charge in [0, 0.05) is 10.3 Å². The van der Waals surface area contributed by atoms with Crippen molar-refractivity contribution in [3.05, 3.63) is 59.1 Å². The number of hydrogen-bond acceptors (Lipinski definition) is 4. The van der Waals surface area contributed by atoms with Crippen LogP contribution in [0.4, 0.5) is 0 Å². The average molecular weight is 378 g/mol. The van der Waals surface area contributed by atoms with Crippen molar-refractivity contribution in [2.75, 3.05) is 6.26 Å². The summed E-state index contributed by atoms with van der Waals surface area (Å²) in [6.45, 7) is 0.352. The van der Waals surface area contributed by atoms with E-state index in [1.807, 2.05) is 47.2 Å². The molecule has 0 saturated heterocycles. The topological polar surface area (TPSA) is 47.5 Å². The molecule has 0 saturated carbocycles. The fourth-order valence-electron chi connectivity index (χ4n) is 2.74. The van der Waals surface area contributed by atoms with Gasteiger partial charge in [-0.2, -0.15) is 4.99 Å². The Kier molecular flexibility index (Phi) is 4.41. The van der Waals surface area contributed by atoms with Crippen LogP contribution in [0.5, 0.6) is 0 Å². The molecule has 0 spiro atoms. The fourth-order valence-corrected chi connectivity index (χ4v) is 4.32. The number of para-hydroxylation sites is 1. The number of carbonyl (C=O) groups excluding carboxylic acids is 1. The van der Waals surface area contributed by atoms with Gasteiger partial charge in [0.25, 0.3) is 0 Å². The quantitative estimate of drug-likeness (QED) is 0.388. The lowest BCUT2D eigenvalue weighted by molar-refractivity contribution is 0.0973. The molecule has 1 amide bonds. The Morgan fingerprint density at radius 3 is 2.92 bits per heavy atom. The lowest BCUT2D eigenvalue weighted by Crippen LogP contribution is -2.16. The molecule has 4 aromatic rings. The SMILES string of the molecule is C#CCn1c(=NC(=O)c2cc3ccccc3o2)sc2cc(SC)ccc21. The van der Waals surface area contributed by atoms with E-state index in [2.05, 4.69) is 17.0 Å². The number of aromatic nitrogens is 1.